The molecule has 3 aromatic rings. The van der Waals surface area contributed by atoms with E-state index in [1.165, 1.54) is 29.6 Å². The van der Waals surface area contributed by atoms with Crippen LogP contribution in [0, 0.1) is 13.8 Å². The molecule has 0 N–H and O–H groups in total. The molecule has 34 heavy (non-hydrogen) atoms. The van der Waals surface area contributed by atoms with Crippen molar-refractivity contribution in [3.05, 3.63) is 63.5 Å². The van der Waals surface area contributed by atoms with E-state index in [1.54, 1.807) is 32.0 Å². The van der Waals surface area contributed by atoms with Gasteiger partial charge in [-0.3, -0.25) is 4.79 Å². The number of fused-ring (bicyclic) bond motifs is 1. The second-order valence-corrected chi connectivity index (χ2v) is 9.87. The number of methoxy groups -OCH3 is 1. The molecule has 1 aromatic heterocycles. The molecular weight excluding hydrogens is 462 g/mol. The summed E-state index contributed by atoms with van der Waals surface area (Å²) in [5, 5.41) is 0.755. The normalized spacial score (nSPS) is 14.8. The van der Waals surface area contributed by atoms with Crippen molar-refractivity contribution in [2.24, 2.45) is 0 Å². The Bertz CT molecular complexity index is 1400. The lowest BCUT2D eigenvalue weighted by atomic mass is 10.1. The van der Waals surface area contributed by atoms with E-state index in [-0.39, 0.29) is 35.9 Å². The quantitative estimate of drug-likeness (QED) is 0.296. The van der Waals surface area contributed by atoms with Crippen LogP contribution in [0.1, 0.15) is 16.7 Å². The number of esters is 1. The van der Waals surface area contributed by atoms with E-state index in [1.807, 2.05) is 0 Å². The first-order valence-electron chi connectivity index (χ1n) is 10.7. The van der Waals surface area contributed by atoms with Gasteiger partial charge in [-0.15, -0.1) is 0 Å². The van der Waals surface area contributed by atoms with Crippen LogP contribution in [0.5, 0.6) is 11.5 Å². The molecule has 0 saturated carbocycles. The highest BCUT2D eigenvalue weighted by Crippen LogP contribution is 2.30. The summed E-state index contributed by atoms with van der Waals surface area (Å²) in [6.45, 7) is 4.63. The van der Waals surface area contributed by atoms with Crippen molar-refractivity contribution in [2.75, 3.05) is 33.4 Å². The van der Waals surface area contributed by atoms with Crippen LogP contribution in [-0.4, -0.2) is 52.1 Å². The Morgan fingerprint density at radius 1 is 1.06 bits per heavy atom. The molecule has 9 nitrogen and oxygen atoms in total. The first-order valence-corrected chi connectivity index (χ1v) is 12.1. The molecule has 0 unspecified atom stereocenters. The van der Waals surface area contributed by atoms with E-state index < -0.39 is 21.6 Å². The predicted octanol–water partition coefficient (Wildman–Crippen LogP) is 2.59. The highest BCUT2D eigenvalue weighted by molar-refractivity contribution is 7.89. The number of aryl methyl sites for hydroxylation is 2. The van der Waals surface area contributed by atoms with Gasteiger partial charge in [0, 0.05) is 30.1 Å². The van der Waals surface area contributed by atoms with Crippen LogP contribution in [0.2, 0.25) is 0 Å². The van der Waals surface area contributed by atoms with Crippen LogP contribution in [0.3, 0.4) is 0 Å². The van der Waals surface area contributed by atoms with Crippen molar-refractivity contribution in [1.82, 2.24) is 4.31 Å². The number of hydrogen-bond acceptors (Lipinski definition) is 8. The minimum Gasteiger partial charge on any atom is -0.495 e. The Labute approximate surface area is 196 Å². The number of carbonyl (C=O) groups excluding carboxylic acids is 1. The Balaban J connectivity index is 1.59. The average molecular weight is 488 g/mol. The number of sulfonamides is 1. The largest absolute Gasteiger partial charge is 0.495 e. The molecule has 1 saturated heterocycles. The Morgan fingerprint density at radius 2 is 1.76 bits per heavy atom. The monoisotopic (exact) mass is 487 g/mol. The summed E-state index contributed by atoms with van der Waals surface area (Å²) in [5.41, 5.74) is 1.62. The molecule has 1 aliphatic heterocycles. The van der Waals surface area contributed by atoms with Crippen molar-refractivity contribution in [1.29, 1.82) is 0 Å². The highest BCUT2D eigenvalue weighted by atomic mass is 32.2. The number of benzene rings is 2. The zero-order valence-electron chi connectivity index (χ0n) is 19.1. The molecular formula is C24H25NO8S. The van der Waals surface area contributed by atoms with E-state index in [0.29, 0.717) is 29.9 Å². The maximum atomic E-state index is 13.2. The zero-order chi connectivity index (χ0) is 24.5. The van der Waals surface area contributed by atoms with Crippen LogP contribution in [0.15, 0.2) is 50.5 Å². The van der Waals surface area contributed by atoms with Crippen LogP contribution in [0.25, 0.3) is 11.0 Å². The molecule has 0 spiro atoms. The van der Waals surface area contributed by atoms with Gasteiger partial charge in [-0.05, 0) is 49.2 Å². The van der Waals surface area contributed by atoms with Crippen molar-refractivity contribution in [3.8, 4) is 11.5 Å². The molecule has 1 fully saturated rings. The Hall–Kier alpha value is -3.21. The molecule has 0 aliphatic carbocycles. The fraction of sp³-hybridized carbons (Fsp3) is 0.333. The first-order chi connectivity index (χ1) is 16.2. The van der Waals surface area contributed by atoms with Gasteiger partial charge < -0.3 is 18.6 Å². The molecule has 180 valence electrons. The SMILES string of the molecule is COc1ccc(CC(=O)Oc2ccc3c(C)cc(=O)oc3c2C)cc1S(=O)(=O)N1CCOCC1. The molecule has 1 aliphatic rings. The van der Waals surface area contributed by atoms with Crippen LogP contribution in [-0.2, 0) is 26.0 Å². The lowest BCUT2D eigenvalue weighted by Gasteiger charge is -2.26. The minimum atomic E-state index is -3.83. The highest BCUT2D eigenvalue weighted by Gasteiger charge is 2.29. The fourth-order valence-electron chi connectivity index (χ4n) is 3.89. The fourth-order valence-corrected chi connectivity index (χ4v) is 5.51. The maximum Gasteiger partial charge on any atom is 0.336 e. The predicted molar refractivity (Wildman–Crippen MR) is 124 cm³/mol. The second-order valence-electron chi connectivity index (χ2n) is 7.97. The van der Waals surface area contributed by atoms with Crippen molar-refractivity contribution >= 4 is 27.0 Å². The van der Waals surface area contributed by atoms with Gasteiger partial charge in [0.1, 0.15) is 22.0 Å². The van der Waals surface area contributed by atoms with E-state index in [4.69, 9.17) is 18.6 Å². The number of rotatable bonds is 6. The topological polar surface area (TPSA) is 112 Å². The van der Waals surface area contributed by atoms with Gasteiger partial charge in [0.25, 0.3) is 0 Å². The third-order valence-electron chi connectivity index (χ3n) is 5.71. The number of carbonyl (C=O) groups is 1. The molecule has 0 radical (unpaired) electrons. The van der Waals surface area contributed by atoms with Crippen LogP contribution < -0.4 is 15.1 Å². The minimum absolute atomic E-state index is 0.0127. The molecule has 0 amide bonds. The number of hydrogen-bond donors (Lipinski definition) is 0. The summed E-state index contributed by atoms with van der Waals surface area (Å²) >= 11 is 0. The van der Waals surface area contributed by atoms with E-state index >= 15 is 0 Å². The number of ether oxygens (including phenoxy) is 3. The second kappa shape index (κ2) is 9.57. The standard InChI is InChI=1S/C24H25NO8S/c1-15-12-22(26)33-24-16(2)19(7-5-18(15)24)32-23(27)14-17-4-6-20(30-3)21(13-17)34(28,29)25-8-10-31-11-9-25/h4-7,12-13H,8-11,14H2,1-3H3. The van der Waals surface area contributed by atoms with E-state index in [2.05, 4.69) is 0 Å². The smallest absolute Gasteiger partial charge is 0.336 e. The van der Waals surface area contributed by atoms with Crippen molar-refractivity contribution in [2.45, 2.75) is 25.2 Å². The third kappa shape index (κ3) is 4.70. The van der Waals surface area contributed by atoms with Gasteiger partial charge in [0.05, 0.1) is 26.7 Å². The van der Waals surface area contributed by atoms with Crippen molar-refractivity contribution in [3.63, 3.8) is 0 Å². The maximum absolute atomic E-state index is 13.2. The Morgan fingerprint density at radius 3 is 2.47 bits per heavy atom. The first kappa shape index (κ1) is 23.9. The molecule has 4 rings (SSSR count). The van der Waals surface area contributed by atoms with Gasteiger partial charge in [-0.1, -0.05) is 6.07 Å². The summed E-state index contributed by atoms with van der Waals surface area (Å²) in [5.74, 6) is -0.127. The van der Waals surface area contributed by atoms with Gasteiger partial charge in [-0.25, -0.2) is 13.2 Å². The van der Waals surface area contributed by atoms with Gasteiger partial charge in [0.15, 0.2) is 0 Å². The molecule has 2 aromatic carbocycles. The summed E-state index contributed by atoms with van der Waals surface area (Å²) in [4.78, 5) is 24.5. The van der Waals surface area contributed by atoms with Crippen molar-refractivity contribution < 1.29 is 31.8 Å². The van der Waals surface area contributed by atoms with Gasteiger partial charge in [-0.2, -0.15) is 4.31 Å². The third-order valence-corrected chi connectivity index (χ3v) is 7.63. The van der Waals surface area contributed by atoms with Gasteiger partial charge >= 0.3 is 11.6 Å². The molecule has 2 heterocycles. The van der Waals surface area contributed by atoms with Gasteiger partial charge in [0.2, 0.25) is 10.0 Å². The molecule has 10 heteroatoms. The molecule has 0 bridgehead atoms. The van der Waals surface area contributed by atoms with Crippen LogP contribution >= 0.6 is 0 Å². The number of morpholine rings is 1. The lowest BCUT2D eigenvalue weighted by Crippen LogP contribution is -2.40. The summed E-state index contributed by atoms with van der Waals surface area (Å²) in [6.07, 6.45) is -0.162. The molecule has 0 atom stereocenters. The Kier molecular flexibility index (Phi) is 6.74. The summed E-state index contributed by atoms with van der Waals surface area (Å²) in [6, 6.07) is 9.34. The summed E-state index contributed by atoms with van der Waals surface area (Å²) in [7, 11) is -2.43. The summed E-state index contributed by atoms with van der Waals surface area (Å²) < 4.78 is 49.0. The van der Waals surface area contributed by atoms with E-state index in [0.717, 1.165) is 10.9 Å². The van der Waals surface area contributed by atoms with Crippen LogP contribution in [0.4, 0.5) is 0 Å². The zero-order valence-corrected chi connectivity index (χ0v) is 19.9. The lowest BCUT2D eigenvalue weighted by molar-refractivity contribution is -0.133. The number of nitrogens with zero attached hydrogens (tertiary/aromatic N) is 1. The van der Waals surface area contributed by atoms with E-state index in [9.17, 15) is 18.0 Å². The average Bonchev–Trinajstić information content (AvgIpc) is 2.81.